The molecule has 2 N–H and O–H groups in total. The number of amides is 1. The molecule has 0 aromatic rings. The minimum atomic E-state index is -4.46. The van der Waals surface area contributed by atoms with E-state index in [1.165, 1.54) is 186 Å². The van der Waals surface area contributed by atoms with E-state index in [-0.39, 0.29) is 31.5 Å². The third-order valence-electron chi connectivity index (χ3n) is 16.4. The third-order valence-corrected chi connectivity index (χ3v) is 17.4. The minimum absolute atomic E-state index is 0.0353. The maximum absolute atomic E-state index is 13.6. The summed E-state index contributed by atoms with van der Waals surface area (Å²) < 4.78 is 30.9. The number of hydrogen-bond donors (Lipinski definition) is 2. The lowest BCUT2D eigenvalue weighted by Gasteiger charge is -2.27. The number of ether oxygens (including phenoxy) is 1. The molecule has 3 unspecified atom stereocenters. The summed E-state index contributed by atoms with van der Waals surface area (Å²) in [5.41, 5.74) is 0. The van der Waals surface area contributed by atoms with Gasteiger partial charge in [-0.25, -0.2) is 4.57 Å². The first-order valence-corrected chi connectivity index (χ1v) is 39.2. The molecular formula is C80H144N2O7P+. The van der Waals surface area contributed by atoms with Crippen LogP contribution in [0, 0.1) is 0 Å². The van der Waals surface area contributed by atoms with E-state index in [9.17, 15) is 19.0 Å². The van der Waals surface area contributed by atoms with Crippen molar-refractivity contribution >= 4 is 19.7 Å². The lowest BCUT2D eigenvalue weighted by molar-refractivity contribution is -0.870. The maximum atomic E-state index is 13.6. The zero-order valence-electron chi connectivity index (χ0n) is 59.6. The fourth-order valence-corrected chi connectivity index (χ4v) is 11.4. The topological polar surface area (TPSA) is 111 Å². The van der Waals surface area contributed by atoms with Gasteiger partial charge in [0, 0.05) is 12.8 Å². The van der Waals surface area contributed by atoms with Gasteiger partial charge < -0.3 is 19.4 Å². The van der Waals surface area contributed by atoms with E-state index in [1.54, 1.807) is 0 Å². The average Bonchev–Trinajstić information content (AvgIpc) is 3.12. The second-order valence-corrected chi connectivity index (χ2v) is 27.9. The monoisotopic (exact) mass is 1280 g/mol. The molecule has 10 heteroatoms. The highest BCUT2D eigenvalue weighted by molar-refractivity contribution is 7.47. The Morgan fingerprint density at radius 2 is 0.711 bits per heavy atom. The van der Waals surface area contributed by atoms with Gasteiger partial charge in [-0.1, -0.05) is 317 Å². The largest absolute Gasteiger partial charge is 0.472 e. The van der Waals surface area contributed by atoms with E-state index >= 15 is 0 Å². The Bertz CT molecular complexity index is 1910. The highest BCUT2D eigenvalue weighted by atomic mass is 31.2. The Morgan fingerprint density at radius 1 is 0.400 bits per heavy atom. The van der Waals surface area contributed by atoms with Crippen molar-refractivity contribution in [2.24, 2.45) is 0 Å². The van der Waals surface area contributed by atoms with Crippen LogP contribution in [0.15, 0.2) is 109 Å². The minimum Gasteiger partial charge on any atom is -0.456 e. The molecule has 0 aliphatic carbocycles. The Balaban J connectivity index is 5.02. The van der Waals surface area contributed by atoms with Crippen LogP contribution in [0.5, 0.6) is 0 Å². The van der Waals surface area contributed by atoms with E-state index in [1.807, 2.05) is 33.3 Å². The quantitative estimate of drug-likeness (QED) is 0.0205. The lowest BCUT2D eigenvalue weighted by Crippen LogP contribution is -2.47. The number of carbonyl (C=O) groups excluding carboxylic acids is 2. The van der Waals surface area contributed by atoms with Gasteiger partial charge in [-0.15, -0.1) is 0 Å². The number of likely N-dealkylation sites (N-methyl/N-ethyl adjacent to an activating group) is 1. The van der Waals surface area contributed by atoms with Gasteiger partial charge in [-0.2, -0.15) is 0 Å². The van der Waals surface area contributed by atoms with E-state index < -0.39 is 20.0 Å². The second-order valence-electron chi connectivity index (χ2n) is 26.4. The van der Waals surface area contributed by atoms with Crippen molar-refractivity contribution in [3.05, 3.63) is 109 Å². The summed E-state index contributed by atoms with van der Waals surface area (Å²) in [6.07, 6.45) is 95.3. The van der Waals surface area contributed by atoms with Crippen LogP contribution in [0.1, 0.15) is 335 Å². The van der Waals surface area contributed by atoms with Gasteiger partial charge in [0.25, 0.3) is 0 Å². The summed E-state index contributed by atoms with van der Waals surface area (Å²) in [6.45, 7) is 6.90. The number of phosphoric ester groups is 1. The van der Waals surface area contributed by atoms with Crippen molar-refractivity contribution < 1.29 is 37.3 Å². The molecule has 9 nitrogen and oxygen atoms in total. The number of nitrogens with one attached hydrogen (secondary N) is 1. The van der Waals surface area contributed by atoms with Crippen molar-refractivity contribution in [3.8, 4) is 0 Å². The van der Waals surface area contributed by atoms with Gasteiger partial charge in [0.15, 0.2) is 0 Å². The van der Waals surface area contributed by atoms with E-state index in [2.05, 4.69) is 123 Å². The zero-order chi connectivity index (χ0) is 65.6. The molecule has 520 valence electrons. The van der Waals surface area contributed by atoms with Gasteiger partial charge in [-0.05, 0) is 115 Å². The van der Waals surface area contributed by atoms with Gasteiger partial charge in [0.2, 0.25) is 5.91 Å². The molecule has 0 rings (SSSR count). The summed E-state index contributed by atoms with van der Waals surface area (Å²) in [6, 6.07) is -0.859. The Morgan fingerprint density at radius 3 is 1.09 bits per heavy atom. The van der Waals surface area contributed by atoms with Gasteiger partial charge in [0.05, 0.1) is 33.8 Å². The van der Waals surface area contributed by atoms with Crippen LogP contribution in [0.3, 0.4) is 0 Å². The standard InChI is InChI=1S/C80H143N2O7P/c1-7-10-13-16-19-22-25-28-30-32-34-36-38-40-41-43-45-47-49-51-53-55-58-61-64-67-70-73-80(84)89-78(71-68-65-62-59-56-27-24-21-18-15-12-9-3)77(76-88-90(85,86)87-75-74-82(4,5)6)81-79(83)72-69-66-63-60-57-54-52-50-48-46-44-42-39-37-35-33-31-29-26-23-20-17-14-11-8-2/h10,13,19-20,22-23,28-31,34,36,40-41,45,47,68,71,77-78H,7-9,11-12,14-18,21,24-27,32-33,35,37-39,42-44,46,48-67,69-70,72-76H2,1-6H3,(H-,81,83,85,86)/p+1/b13-10-,22-19-,23-20-,30-28-,31-29-,36-34-,41-40-,47-45-,71-68+. The van der Waals surface area contributed by atoms with Crippen molar-refractivity contribution in [1.29, 1.82) is 0 Å². The SMILES string of the molecule is CC/C=C\C/C=C\C/C=C\C/C=C\C/C=C\C/C=C\CCCCCCCCCCC(=O)OC(/C=C/CCCCCCCCCCCC)C(COP(=O)(O)OCC[N+](C)(C)C)NC(=O)CCCCCCCCCCCCCCCCC/C=C\C/C=C\CCCCC. The first kappa shape index (κ1) is 86.7. The molecule has 0 radical (unpaired) electrons. The lowest BCUT2D eigenvalue weighted by atomic mass is 10.0. The normalized spacial score (nSPS) is 14.1. The molecule has 0 saturated carbocycles. The molecule has 0 fully saturated rings. The van der Waals surface area contributed by atoms with Gasteiger partial charge in [-0.3, -0.25) is 18.6 Å². The van der Waals surface area contributed by atoms with Crippen LogP contribution in [0.4, 0.5) is 0 Å². The first-order valence-electron chi connectivity index (χ1n) is 37.7. The Hall–Kier alpha value is -3.33. The molecule has 1 amide bonds. The van der Waals surface area contributed by atoms with E-state index in [0.717, 1.165) is 116 Å². The van der Waals surface area contributed by atoms with Crippen LogP contribution in [0.2, 0.25) is 0 Å². The van der Waals surface area contributed by atoms with Gasteiger partial charge in [0.1, 0.15) is 19.3 Å². The number of phosphoric acid groups is 1. The number of allylic oxidation sites excluding steroid dienone is 17. The summed E-state index contributed by atoms with van der Waals surface area (Å²) >= 11 is 0. The van der Waals surface area contributed by atoms with E-state index in [0.29, 0.717) is 17.4 Å². The highest BCUT2D eigenvalue weighted by Gasteiger charge is 2.30. The molecule has 0 saturated heterocycles. The van der Waals surface area contributed by atoms with Crippen LogP contribution in [0.25, 0.3) is 0 Å². The Kier molecular flexibility index (Phi) is 66.0. The molecule has 0 bridgehead atoms. The zero-order valence-corrected chi connectivity index (χ0v) is 60.5. The summed E-state index contributed by atoms with van der Waals surface area (Å²) in [4.78, 5) is 38.0. The highest BCUT2D eigenvalue weighted by Crippen LogP contribution is 2.43. The molecule has 3 atom stereocenters. The maximum Gasteiger partial charge on any atom is 0.472 e. The predicted molar refractivity (Wildman–Crippen MR) is 392 cm³/mol. The smallest absolute Gasteiger partial charge is 0.456 e. The third kappa shape index (κ3) is 69.0. The number of rotatable bonds is 68. The average molecular weight is 1280 g/mol. The van der Waals surface area contributed by atoms with Crippen LogP contribution in [-0.4, -0.2) is 74.3 Å². The predicted octanol–water partition coefficient (Wildman–Crippen LogP) is 24.4. The number of nitrogens with zero attached hydrogens (tertiary/aromatic N) is 1. The number of hydrogen-bond acceptors (Lipinski definition) is 6. The molecule has 0 aliphatic heterocycles. The molecule has 0 aliphatic rings. The molecule has 0 heterocycles. The fourth-order valence-electron chi connectivity index (χ4n) is 10.7. The summed E-state index contributed by atoms with van der Waals surface area (Å²) in [7, 11) is 1.49. The molecule has 0 aromatic heterocycles. The molecule has 0 spiro atoms. The molecule has 0 aromatic carbocycles. The summed E-state index contributed by atoms with van der Waals surface area (Å²) in [5, 5.41) is 3.08. The van der Waals surface area contributed by atoms with E-state index in [4.69, 9.17) is 13.8 Å². The van der Waals surface area contributed by atoms with Crippen LogP contribution in [-0.2, 0) is 27.9 Å². The van der Waals surface area contributed by atoms with Gasteiger partial charge >= 0.3 is 13.8 Å². The number of unbranched alkanes of at least 4 members (excludes halogenated alkanes) is 36. The summed E-state index contributed by atoms with van der Waals surface area (Å²) in [5.74, 6) is -0.509. The Labute approximate surface area is 557 Å². The van der Waals surface area contributed by atoms with Crippen molar-refractivity contribution in [2.75, 3.05) is 40.9 Å². The van der Waals surface area contributed by atoms with Crippen LogP contribution < -0.4 is 5.32 Å². The number of quaternary nitrogens is 1. The van der Waals surface area contributed by atoms with Crippen molar-refractivity contribution in [2.45, 2.75) is 348 Å². The van der Waals surface area contributed by atoms with Crippen molar-refractivity contribution in [1.82, 2.24) is 5.32 Å². The van der Waals surface area contributed by atoms with Crippen molar-refractivity contribution in [3.63, 3.8) is 0 Å². The molecular weight excluding hydrogens is 1130 g/mol. The number of carbonyl (C=O) groups is 2. The number of esters is 1. The molecule has 90 heavy (non-hydrogen) atoms. The second kappa shape index (κ2) is 68.5. The van der Waals surface area contributed by atoms with Crippen LogP contribution >= 0.6 is 7.82 Å². The first-order chi connectivity index (χ1) is 43.9. The fraction of sp³-hybridized carbons (Fsp3) is 0.750.